The molecule has 42 heavy (non-hydrogen) atoms. The minimum absolute atomic E-state index is 0.260. The van der Waals surface area contributed by atoms with Gasteiger partial charge < -0.3 is 10.6 Å². The van der Waals surface area contributed by atoms with Crippen molar-refractivity contribution < 1.29 is 4.79 Å². The van der Waals surface area contributed by atoms with Crippen LogP contribution in [0.4, 0.5) is 11.6 Å². The van der Waals surface area contributed by atoms with Crippen molar-refractivity contribution in [3.05, 3.63) is 105 Å². The summed E-state index contributed by atoms with van der Waals surface area (Å²) in [4.78, 5) is 42.2. The largest absolute Gasteiger partial charge is 0.371 e. The fourth-order valence-corrected chi connectivity index (χ4v) is 5.17. The van der Waals surface area contributed by atoms with Crippen LogP contribution < -0.4 is 16.2 Å². The lowest BCUT2D eigenvalue weighted by molar-refractivity contribution is 0.0939. The average molecular weight is 577 g/mol. The van der Waals surface area contributed by atoms with Gasteiger partial charge in [-0.3, -0.25) is 14.2 Å². The number of hydrogen-bond acceptors (Lipinski definition) is 8. The summed E-state index contributed by atoms with van der Waals surface area (Å²) in [5.74, 6) is 6.95. The maximum Gasteiger partial charge on any atom is 0.267 e. The van der Waals surface area contributed by atoms with Gasteiger partial charge in [-0.2, -0.15) is 5.10 Å². The van der Waals surface area contributed by atoms with Gasteiger partial charge in [0.2, 0.25) is 0 Å². The number of anilines is 1. The van der Waals surface area contributed by atoms with Gasteiger partial charge in [-0.05, 0) is 44.0 Å². The molecule has 5 aromatic rings. The van der Waals surface area contributed by atoms with E-state index in [9.17, 15) is 9.59 Å². The number of fused-ring (bicyclic) bond motifs is 1. The molecule has 1 amide bonds. The van der Waals surface area contributed by atoms with Crippen molar-refractivity contribution in [3.8, 4) is 17.5 Å². The minimum atomic E-state index is -0.675. The van der Waals surface area contributed by atoms with Gasteiger partial charge in [0.25, 0.3) is 11.5 Å². The Balaban J connectivity index is 1.64. The first-order valence-electron chi connectivity index (χ1n) is 13.1. The number of carbonyl (C=O) groups excluding carboxylic acids is 1. The van der Waals surface area contributed by atoms with Crippen molar-refractivity contribution in [2.45, 2.75) is 19.9 Å². The van der Waals surface area contributed by atoms with E-state index in [0.717, 1.165) is 10.6 Å². The molecule has 5 rings (SSSR count). The smallest absolute Gasteiger partial charge is 0.267 e. The molecule has 2 N–H and O–H groups in total. The van der Waals surface area contributed by atoms with Gasteiger partial charge in [-0.25, -0.2) is 19.6 Å². The quantitative estimate of drug-likeness (QED) is 0.214. The second-order valence-corrected chi connectivity index (χ2v) is 10.1. The molecule has 1 unspecified atom stereocenters. The highest BCUT2D eigenvalue weighted by atomic mass is 32.1. The molecule has 0 spiro atoms. The molecule has 11 heteroatoms. The van der Waals surface area contributed by atoms with Crippen molar-refractivity contribution in [2.75, 3.05) is 12.4 Å². The van der Waals surface area contributed by atoms with E-state index in [2.05, 4.69) is 44.1 Å². The van der Waals surface area contributed by atoms with Crippen molar-refractivity contribution in [1.82, 2.24) is 29.6 Å². The topological polar surface area (TPSA) is 119 Å². The van der Waals surface area contributed by atoms with Crippen LogP contribution in [0, 0.1) is 18.8 Å². The fourth-order valence-electron chi connectivity index (χ4n) is 4.52. The molecule has 0 fully saturated rings. The van der Waals surface area contributed by atoms with Crippen LogP contribution in [0.25, 0.3) is 16.6 Å². The Bertz CT molecular complexity index is 1960. The monoisotopic (exact) mass is 576 g/mol. The molecule has 0 radical (unpaired) electrons. The molecule has 3 heterocycles. The Morgan fingerprint density at radius 1 is 1.17 bits per heavy atom. The Morgan fingerprint density at radius 2 is 1.95 bits per heavy atom. The highest BCUT2D eigenvalue weighted by Crippen LogP contribution is 2.27. The van der Waals surface area contributed by atoms with E-state index in [4.69, 9.17) is 4.98 Å². The number of benzene rings is 2. The van der Waals surface area contributed by atoms with Crippen LogP contribution in [0.5, 0.6) is 0 Å². The second kappa shape index (κ2) is 12.0. The summed E-state index contributed by atoms with van der Waals surface area (Å²) in [6.07, 6.45) is 3.01. The zero-order valence-electron chi connectivity index (χ0n) is 23.5. The molecule has 0 saturated carbocycles. The molecule has 0 aliphatic rings. The summed E-state index contributed by atoms with van der Waals surface area (Å²) in [5.41, 5.74) is 4.20. The summed E-state index contributed by atoms with van der Waals surface area (Å²) >= 11 is 1.45. The predicted octanol–water partition coefficient (Wildman–Crippen LogP) is 4.70. The number of nitrogens with one attached hydrogen (secondary N) is 2. The van der Waals surface area contributed by atoms with Gasteiger partial charge in [0.15, 0.2) is 11.6 Å². The van der Waals surface area contributed by atoms with Gasteiger partial charge in [-0.15, -0.1) is 11.3 Å². The number of allylic oxidation sites excluding steroid dienone is 1. The number of nitrogens with zero attached hydrogens (tertiary/aromatic N) is 6. The molecule has 10 nitrogen and oxygen atoms in total. The summed E-state index contributed by atoms with van der Waals surface area (Å²) in [5, 5.41) is 10.7. The van der Waals surface area contributed by atoms with Crippen molar-refractivity contribution in [2.24, 2.45) is 12.0 Å². The van der Waals surface area contributed by atoms with Gasteiger partial charge >= 0.3 is 0 Å². The van der Waals surface area contributed by atoms with Crippen molar-refractivity contribution in [1.29, 1.82) is 0 Å². The lowest BCUT2D eigenvalue weighted by Gasteiger charge is -2.20. The van der Waals surface area contributed by atoms with Crippen LogP contribution in [-0.2, 0) is 7.05 Å². The Kier molecular flexibility index (Phi) is 8.08. The molecule has 2 aromatic carbocycles. The number of thiazole rings is 1. The van der Waals surface area contributed by atoms with E-state index in [-0.39, 0.29) is 11.1 Å². The Labute approximate surface area is 246 Å². The Morgan fingerprint density at radius 3 is 2.64 bits per heavy atom. The van der Waals surface area contributed by atoms with E-state index in [1.165, 1.54) is 32.9 Å². The van der Waals surface area contributed by atoms with Crippen LogP contribution >= 0.6 is 11.3 Å². The number of aliphatic imine (C=N–C) groups is 1. The normalized spacial score (nSPS) is 11.7. The molecular weight excluding hydrogens is 548 g/mol. The van der Waals surface area contributed by atoms with Gasteiger partial charge in [0.05, 0.1) is 38.7 Å². The number of para-hydroxylation sites is 1. The third-order valence-corrected chi connectivity index (χ3v) is 7.36. The van der Waals surface area contributed by atoms with Crippen molar-refractivity contribution >= 4 is 46.0 Å². The number of carbonyl (C=O) groups is 1. The zero-order chi connectivity index (χ0) is 29.8. The van der Waals surface area contributed by atoms with E-state index in [1.807, 2.05) is 49.4 Å². The predicted molar refractivity (Wildman–Crippen MR) is 167 cm³/mol. The first-order valence-corrected chi connectivity index (χ1v) is 14.0. The van der Waals surface area contributed by atoms with Crippen LogP contribution in [0.15, 0.2) is 76.5 Å². The number of aromatic nitrogens is 5. The van der Waals surface area contributed by atoms with Crippen LogP contribution in [-0.4, -0.2) is 43.5 Å². The standard InChI is InChI=1S/C31H28N8O2S/c1-6-17-33-29-26(27(32-4)37-38(29)5)30(40)35-20(3)28-36-23-14-10-11-21(15-16-24-19(2)34-18-42-24)25(23)31(41)39(28)22-12-8-7-9-13-22/h6-14,17-18,20H,1H2,2-5H3,(H,32,37)(H,35,40)/b33-17-. The maximum atomic E-state index is 14.2. The third-order valence-electron chi connectivity index (χ3n) is 6.51. The molecular formula is C31H28N8O2S. The lowest BCUT2D eigenvalue weighted by Crippen LogP contribution is -2.33. The first-order chi connectivity index (χ1) is 20.3. The fraction of sp³-hybridized carbons (Fsp3) is 0.161. The summed E-state index contributed by atoms with van der Waals surface area (Å²) in [6, 6.07) is 13.9. The van der Waals surface area contributed by atoms with E-state index in [0.29, 0.717) is 39.6 Å². The maximum absolute atomic E-state index is 14.2. The first kappa shape index (κ1) is 28.2. The van der Waals surface area contributed by atoms with Crippen LogP contribution in [0.2, 0.25) is 0 Å². The van der Waals surface area contributed by atoms with E-state index >= 15 is 0 Å². The highest BCUT2D eigenvalue weighted by Gasteiger charge is 2.26. The third kappa shape index (κ3) is 5.35. The molecule has 0 aliphatic carbocycles. The summed E-state index contributed by atoms with van der Waals surface area (Å²) < 4.78 is 3.03. The number of rotatable bonds is 7. The van der Waals surface area contributed by atoms with Gasteiger partial charge in [-0.1, -0.05) is 42.8 Å². The molecule has 210 valence electrons. The van der Waals surface area contributed by atoms with E-state index < -0.39 is 11.9 Å². The molecule has 3 aromatic heterocycles. The van der Waals surface area contributed by atoms with Crippen LogP contribution in [0.3, 0.4) is 0 Å². The average Bonchev–Trinajstić information content (AvgIpc) is 3.56. The summed E-state index contributed by atoms with van der Waals surface area (Å²) in [7, 11) is 3.38. The minimum Gasteiger partial charge on any atom is -0.371 e. The Hall–Kier alpha value is -5.34. The number of aryl methyl sites for hydroxylation is 2. The van der Waals surface area contributed by atoms with Gasteiger partial charge in [0, 0.05) is 25.9 Å². The lowest BCUT2D eigenvalue weighted by atomic mass is 10.1. The van der Waals surface area contributed by atoms with Crippen molar-refractivity contribution in [3.63, 3.8) is 0 Å². The zero-order valence-corrected chi connectivity index (χ0v) is 24.4. The molecule has 0 aliphatic heterocycles. The van der Waals surface area contributed by atoms with E-state index in [1.54, 1.807) is 32.6 Å². The highest BCUT2D eigenvalue weighted by molar-refractivity contribution is 7.10. The summed E-state index contributed by atoms with van der Waals surface area (Å²) in [6.45, 7) is 7.33. The molecule has 0 saturated heterocycles. The molecule has 1 atom stereocenters. The second-order valence-electron chi connectivity index (χ2n) is 9.29. The number of amides is 1. The SMILES string of the molecule is C=C/C=N\c1c(C(=O)NC(C)c2nc3cccc(C#Cc4scnc4C)c3c(=O)n2-c2ccccc2)c(NC)nn1C. The van der Waals surface area contributed by atoms with Crippen LogP contribution in [0.1, 0.15) is 45.3 Å². The molecule has 0 bridgehead atoms. The number of hydrogen-bond donors (Lipinski definition) is 2. The van der Waals surface area contributed by atoms with Gasteiger partial charge in [0.1, 0.15) is 11.4 Å².